The van der Waals surface area contributed by atoms with Crippen LogP contribution in [-0.4, -0.2) is 44.7 Å². The Labute approximate surface area is 171 Å². The molecule has 0 aliphatic heterocycles. The van der Waals surface area contributed by atoms with Gasteiger partial charge >= 0.3 is 0 Å². The Morgan fingerprint density at radius 1 is 1.25 bits per heavy atom. The first-order valence-corrected chi connectivity index (χ1v) is 10.4. The molecule has 28 heavy (non-hydrogen) atoms. The molecule has 1 aromatic carbocycles. The lowest BCUT2D eigenvalue weighted by atomic mass is 10.2. The zero-order valence-corrected chi connectivity index (χ0v) is 17.9. The minimum Gasteiger partial charge on any atom is -0.497 e. The van der Waals surface area contributed by atoms with E-state index in [1.54, 1.807) is 25.3 Å². The van der Waals surface area contributed by atoms with Crippen LogP contribution < -0.4 is 20.7 Å². The number of carbonyl (C=O) groups is 1. The van der Waals surface area contributed by atoms with Crippen LogP contribution in [0.1, 0.15) is 34.0 Å². The van der Waals surface area contributed by atoms with Crippen molar-refractivity contribution in [2.75, 3.05) is 26.7 Å². The van der Waals surface area contributed by atoms with Gasteiger partial charge in [0.2, 0.25) is 0 Å². The van der Waals surface area contributed by atoms with Crippen LogP contribution in [0.15, 0.2) is 41.4 Å². The molecule has 2 aromatic rings. The van der Waals surface area contributed by atoms with Crippen LogP contribution in [0.5, 0.6) is 5.75 Å². The summed E-state index contributed by atoms with van der Waals surface area (Å²) in [7, 11) is 1.58. The number of ether oxygens (including phenoxy) is 1. The van der Waals surface area contributed by atoms with Crippen molar-refractivity contribution in [3.63, 3.8) is 0 Å². The zero-order valence-electron chi connectivity index (χ0n) is 17.0. The molecule has 7 heteroatoms. The summed E-state index contributed by atoms with van der Waals surface area (Å²) >= 11 is 1.82. The van der Waals surface area contributed by atoms with Crippen LogP contribution in [-0.2, 0) is 6.42 Å². The molecule has 1 atom stereocenters. The largest absolute Gasteiger partial charge is 0.497 e. The second kappa shape index (κ2) is 11.3. The van der Waals surface area contributed by atoms with Gasteiger partial charge in [-0.3, -0.25) is 9.79 Å². The average molecular weight is 403 g/mol. The Balaban J connectivity index is 1.81. The van der Waals surface area contributed by atoms with Gasteiger partial charge in [-0.05, 0) is 51.1 Å². The van der Waals surface area contributed by atoms with Gasteiger partial charge in [-0.1, -0.05) is 6.07 Å². The summed E-state index contributed by atoms with van der Waals surface area (Å²) < 4.78 is 5.15. The minimum atomic E-state index is -0.131. The monoisotopic (exact) mass is 402 g/mol. The summed E-state index contributed by atoms with van der Waals surface area (Å²) in [5.41, 5.74) is 0.577. The van der Waals surface area contributed by atoms with E-state index in [0.29, 0.717) is 24.4 Å². The highest BCUT2D eigenvalue weighted by Crippen LogP contribution is 2.16. The Bertz CT molecular complexity index is 788. The molecular weight excluding hydrogens is 372 g/mol. The Morgan fingerprint density at radius 3 is 2.75 bits per heavy atom. The van der Waals surface area contributed by atoms with Crippen LogP contribution in [0, 0.1) is 6.92 Å². The van der Waals surface area contributed by atoms with Crippen molar-refractivity contribution in [1.82, 2.24) is 16.0 Å². The predicted molar refractivity (Wildman–Crippen MR) is 117 cm³/mol. The van der Waals surface area contributed by atoms with Gasteiger partial charge in [-0.15, -0.1) is 11.3 Å². The molecule has 6 nitrogen and oxygen atoms in total. The molecule has 1 heterocycles. The van der Waals surface area contributed by atoms with Gasteiger partial charge in [0.05, 0.1) is 13.7 Å². The molecule has 152 valence electrons. The maximum absolute atomic E-state index is 12.2. The summed E-state index contributed by atoms with van der Waals surface area (Å²) in [6, 6.07) is 11.7. The number of benzene rings is 1. The maximum Gasteiger partial charge on any atom is 0.251 e. The topological polar surface area (TPSA) is 74.8 Å². The molecule has 0 bridgehead atoms. The number of thiophene rings is 1. The highest BCUT2D eigenvalue weighted by molar-refractivity contribution is 7.11. The van der Waals surface area contributed by atoms with Crippen molar-refractivity contribution >= 4 is 23.2 Å². The minimum absolute atomic E-state index is 0.131. The molecule has 1 aromatic heterocycles. The number of nitrogens with zero attached hydrogens (tertiary/aromatic N) is 1. The number of amides is 1. The van der Waals surface area contributed by atoms with Crippen LogP contribution in [0.4, 0.5) is 0 Å². The summed E-state index contributed by atoms with van der Waals surface area (Å²) in [6.45, 7) is 8.05. The molecule has 0 radical (unpaired) electrons. The first-order chi connectivity index (χ1) is 13.5. The third-order valence-corrected chi connectivity index (χ3v) is 5.05. The fourth-order valence-electron chi connectivity index (χ4n) is 2.70. The van der Waals surface area contributed by atoms with Crippen molar-refractivity contribution in [3.8, 4) is 5.75 Å². The van der Waals surface area contributed by atoms with Crippen LogP contribution >= 0.6 is 11.3 Å². The van der Waals surface area contributed by atoms with E-state index in [0.717, 1.165) is 18.9 Å². The maximum atomic E-state index is 12.2. The van der Waals surface area contributed by atoms with E-state index in [4.69, 9.17) is 4.74 Å². The van der Waals surface area contributed by atoms with Gasteiger partial charge in [-0.2, -0.15) is 0 Å². The van der Waals surface area contributed by atoms with Crippen LogP contribution in [0.25, 0.3) is 0 Å². The lowest BCUT2D eigenvalue weighted by Crippen LogP contribution is -2.43. The van der Waals surface area contributed by atoms with E-state index in [1.807, 2.05) is 24.3 Å². The number of hydrogen-bond donors (Lipinski definition) is 3. The Kier molecular flexibility index (Phi) is 8.81. The summed E-state index contributed by atoms with van der Waals surface area (Å²) in [5.74, 6) is 1.30. The van der Waals surface area contributed by atoms with E-state index in [2.05, 4.69) is 46.9 Å². The lowest BCUT2D eigenvalue weighted by Gasteiger charge is -2.17. The molecule has 0 saturated carbocycles. The van der Waals surface area contributed by atoms with Gasteiger partial charge in [0.15, 0.2) is 5.96 Å². The normalized spacial score (nSPS) is 12.4. The highest BCUT2D eigenvalue weighted by atomic mass is 32.1. The van der Waals surface area contributed by atoms with Crippen molar-refractivity contribution in [3.05, 3.63) is 51.7 Å². The van der Waals surface area contributed by atoms with Crippen molar-refractivity contribution in [1.29, 1.82) is 0 Å². The number of carbonyl (C=O) groups excluding carboxylic acids is 1. The highest BCUT2D eigenvalue weighted by Gasteiger charge is 2.08. The number of rotatable bonds is 9. The van der Waals surface area contributed by atoms with E-state index >= 15 is 0 Å². The van der Waals surface area contributed by atoms with Crippen molar-refractivity contribution in [2.24, 2.45) is 4.99 Å². The second-order valence-electron chi connectivity index (χ2n) is 6.51. The quantitative estimate of drug-likeness (QED) is 0.342. The van der Waals surface area contributed by atoms with E-state index in [1.165, 1.54) is 9.75 Å². The molecular formula is C21H30N4O2S. The number of hydrogen-bond acceptors (Lipinski definition) is 4. The first kappa shape index (κ1) is 21.8. The third-order valence-electron chi connectivity index (χ3n) is 4.03. The Hall–Kier alpha value is -2.54. The molecule has 1 unspecified atom stereocenters. The number of methoxy groups -OCH3 is 1. The van der Waals surface area contributed by atoms with Crippen LogP contribution in [0.2, 0.25) is 0 Å². The molecule has 0 saturated heterocycles. The Morgan fingerprint density at radius 2 is 2.07 bits per heavy atom. The summed E-state index contributed by atoms with van der Waals surface area (Å²) in [6.07, 6.45) is 0.954. The van der Waals surface area contributed by atoms with E-state index in [-0.39, 0.29) is 11.9 Å². The van der Waals surface area contributed by atoms with Crippen LogP contribution in [0.3, 0.4) is 0 Å². The SMILES string of the molecule is CCNC(=NCCNC(=O)c1cccc(OC)c1)NC(C)Cc1ccc(C)s1. The van der Waals surface area contributed by atoms with Crippen molar-refractivity contribution < 1.29 is 9.53 Å². The fraction of sp³-hybridized carbons (Fsp3) is 0.429. The third kappa shape index (κ3) is 7.23. The predicted octanol–water partition coefficient (Wildman–Crippen LogP) is 2.98. The molecule has 0 aliphatic rings. The molecule has 3 N–H and O–H groups in total. The number of guanidine groups is 1. The molecule has 2 rings (SSSR count). The second-order valence-corrected chi connectivity index (χ2v) is 7.88. The zero-order chi connectivity index (χ0) is 20.4. The fourth-order valence-corrected chi connectivity index (χ4v) is 3.72. The summed E-state index contributed by atoms with van der Waals surface area (Å²) in [5, 5.41) is 9.57. The van der Waals surface area contributed by atoms with E-state index in [9.17, 15) is 4.79 Å². The number of nitrogens with one attached hydrogen (secondary N) is 3. The van der Waals surface area contributed by atoms with Gasteiger partial charge in [-0.25, -0.2) is 0 Å². The molecule has 0 spiro atoms. The lowest BCUT2D eigenvalue weighted by molar-refractivity contribution is 0.0954. The van der Waals surface area contributed by atoms with Gasteiger partial charge in [0.25, 0.3) is 5.91 Å². The number of aliphatic imine (C=N–C) groups is 1. The first-order valence-electron chi connectivity index (χ1n) is 9.54. The van der Waals surface area contributed by atoms with Gasteiger partial charge in [0.1, 0.15) is 5.75 Å². The standard InChI is InChI=1S/C21H30N4O2S/c1-5-22-21(25-15(2)13-19-10-9-16(3)28-19)24-12-11-23-20(26)17-7-6-8-18(14-17)27-4/h6-10,14-15H,5,11-13H2,1-4H3,(H,23,26)(H2,22,24,25). The smallest absolute Gasteiger partial charge is 0.251 e. The molecule has 0 fully saturated rings. The van der Waals surface area contributed by atoms with E-state index < -0.39 is 0 Å². The molecule has 0 aliphatic carbocycles. The average Bonchev–Trinajstić information content (AvgIpc) is 3.09. The molecule has 1 amide bonds. The number of aryl methyl sites for hydroxylation is 1. The van der Waals surface area contributed by atoms with Crippen molar-refractivity contribution in [2.45, 2.75) is 33.2 Å². The van der Waals surface area contributed by atoms with Gasteiger partial charge < -0.3 is 20.7 Å². The summed E-state index contributed by atoms with van der Waals surface area (Å²) in [4.78, 5) is 19.5. The van der Waals surface area contributed by atoms with Gasteiger partial charge in [0, 0.05) is 40.9 Å².